The van der Waals surface area contributed by atoms with Gasteiger partial charge in [0, 0.05) is 24.3 Å². The molecule has 1 fully saturated rings. The van der Waals surface area contributed by atoms with Crippen LogP contribution in [-0.2, 0) is 16.0 Å². The minimum Gasteiger partial charge on any atom is -0.506 e. The highest BCUT2D eigenvalue weighted by atomic mass is 19.1. The second-order valence-electron chi connectivity index (χ2n) is 6.48. The van der Waals surface area contributed by atoms with Crippen LogP contribution in [0.2, 0.25) is 0 Å². The average molecular weight is 356 g/mol. The van der Waals surface area contributed by atoms with Crippen molar-refractivity contribution in [3.63, 3.8) is 0 Å². The number of nitrogens with one attached hydrogen (secondary N) is 1. The summed E-state index contributed by atoms with van der Waals surface area (Å²) in [6, 6.07) is 11.8. The first kappa shape index (κ1) is 17.9. The van der Waals surface area contributed by atoms with E-state index in [-0.39, 0.29) is 29.6 Å². The van der Waals surface area contributed by atoms with Crippen molar-refractivity contribution in [1.82, 2.24) is 0 Å². The Labute approximate surface area is 151 Å². The first-order chi connectivity index (χ1) is 12.6. The number of aldehydes is 1. The van der Waals surface area contributed by atoms with Gasteiger partial charge in [-0.1, -0.05) is 12.1 Å². The molecule has 1 amide bonds. The highest BCUT2D eigenvalue weighted by molar-refractivity contribution is 6.29. The third kappa shape index (κ3) is 4.20. The van der Waals surface area contributed by atoms with Crippen LogP contribution < -0.4 is 10.2 Å². The van der Waals surface area contributed by atoms with Crippen LogP contribution in [0.5, 0.6) is 5.75 Å². The van der Waals surface area contributed by atoms with Crippen molar-refractivity contribution in [3.05, 3.63) is 53.8 Å². The molecular formula is C20H21FN2O3. The van der Waals surface area contributed by atoms with E-state index in [2.05, 4.69) is 10.2 Å². The first-order valence-corrected chi connectivity index (χ1v) is 8.67. The quantitative estimate of drug-likeness (QED) is 0.490. The minimum absolute atomic E-state index is 0.0798. The van der Waals surface area contributed by atoms with Crippen molar-refractivity contribution in [2.75, 3.05) is 16.8 Å². The number of nitrogens with zero attached hydrogens (tertiary/aromatic N) is 1. The molecule has 3 rings (SSSR count). The Balaban J connectivity index is 1.78. The Morgan fingerprint density at radius 1 is 1.23 bits per heavy atom. The molecule has 1 atom stereocenters. The van der Waals surface area contributed by atoms with E-state index in [9.17, 15) is 19.1 Å². The highest BCUT2D eigenvalue weighted by Crippen LogP contribution is 2.33. The van der Waals surface area contributed by atoms with Crippen LogP contribution in [0.4, 0.5) is 15.8 Å². The van der Waals surface area contributed by atoms with Crippen molar-refractivity contribution in [1.29, 1.82) is 0 Å². The number of aromatic hydroxyl groups is 1. The topological polar surface area (TPSA) is 69.6 Å². The van der Waals surface area contributed by atoms with Crippen LogP contribution in [0.15, 0.2) is 42.5 Å². The van der Waals surface area contributed by atoms with Crippen LogP contribution in [0, 0.1) is 5.82 Å². The maximum absolute atomic E-state index is 13.1. The highest BCUT2D eigenvalue weighted by Gasteiger charge is 2.23. The van der Waals surface area contributed by atoms with Crippen LogP contribution in [0.3, 0.4) is 0 Å². The van der Waals surface area contributed by atoms with Crippen LogP contribution in [-0.4, -0.2) is 29.9 Å². The Morgan fingerprint density at radius 2 is 2.00 bits per heavy atom. The number of hydrogen-bond acceptors (Lipinski definition) is 4. The second-order valence-corrected chi connectivity index (χ2v) is 6.48. The van der Waals surface area contributed by atoms with Crippen molar-refractivity contribution < 1.29 is 19.1 Å². The van der Waals surface area contributed by atoms with E-state index in [0.29, 0.717) is 0 Å². The smallest absolute Gasteiger partial charge is 0.288 e. The molecule has 0 aromatic heterocycles. The summed E-state index contributed by atoms with van der Waals surface area (Å²) in [7, 11) is 0. The van der Waals surface area contributed by atoms with Crippen molar-refractivity contribution >= 4 is 23.6 Å². The summed E-state index contributed by atoms with van der Waals surface area (Å²) >= 11 is 0. The number of phenolic OH excluding ortho intramolecular Hbond substituents is 1. The molecule has 2 aromatic rings. The predicted molar refractivity (Wildman–Crippen MR) is 97.9 cm³/mol. The molecule has 1 unspecified atom stereocenters. The third-order valence-corrected chi connectivity index (χ3v) is 4.69. The van der Waals surface area contributed by atoms with Crippen LogP contribution in [0.1, 0.15) is 24.8 Å². The molecule has 136 valence electrons. The maximum atomic E-state index is 13.1. The van der Waals surface area contributed by atoms with Gasteiger partial charge in [0.05, 0.1) is 5.69 Å². The van der Waals surface area contributed by atoms with Gasteiger partial charge in [0.15, 0.2) is 0 Å². The summed E-state index contributed by atoms with van der Waals surface area (Å²) in [5.41, 5.74) is 2.14. The van der Waals surface area contributed by atoms with E-state index in [1.807, 2.05) is 6.07 Å². The SMILES string of the molecule is O=CC(=O)Nc1ccc(N2CCCCC2Cc2ccc(F)cc2)cc1O. The van der Waals surface area contributed by atoms with Gasteiger partial charge in [-0.15, -0.1) is 0 Å². The molecule has 2 N–H and O–H groups in total. The summed E-state index contributed by atoms with van der Waals surface area (Å²) < 4.78 is 13.1. The van der Waals surface area contributed by atoms with Gasteiger partial charge >= 0.3 is 0 Å². The standard InChI is InChI=1S/C20H21FN2O3/c21-15-6-4-14(5-7-15)11-16-3-1-2-10-23(16)17-8-9-18(19(25)12-17)22-20(26)13-24/h4-9,12-13,16,25H,1-3,10-11H2,(H,22,26). The molecule has 6 heteroatoms. The molecule has 1 aliphatic rings. The Kier molecular flexibility index (Phi) is 5.51. The summed E-state index contributed by atoms with van der Waals surface area (Å²) in [6.45, 7) is 0.866. The molecule has 0 spiro atoms. The van der Waals surface area contributed by atoms with E-state index in [4.69, 9.17) is 0 Å². The molecule has 0 radical (unpaired) electrons. The number of piperidine rings is 1. The van der Waals surface area contributed by atoms with Crippen LogP contribution >= 0.6 is 0 Å². The Bertz CT molecular complexity index is 792. The van der Waals surface area contributed by atoms with Gasteiger partial charge in [0.25, 0.3) is 5.91 Å². The first-order valence-electron chi connectivity index (χ1n) is 8.67. The zero-order chi connectivity index (χ0) is 18.5. The number of phenols is 1. The summed E-state index contributed by atoms with van der Waals surface area (Å²) in [4.78, 5) is 23.9. The lowest BCUT2D eigenvalue weighted by atomic mass is 9.95. The number of carbonyl (C=O) groups excluding carboxylic acids is 2. The molecule has 2 aromatic carbocycles. The van der Waals surface area contributed by atoms with Gasteiger partial charge in [0.1, 0.15) is 11.6 Å². The van der Waals surface area contributed by atoms with Crippen molar-refractivity contribution in [3.8, 4) is 5.75 Å². The zero-order valence-corrected chi connectivity index (χ0v) is 14.3. The molecule has 1 aliphatic heterocycles. The molecular weight excluding hydrogens is 335 g/mol. The second kappa shape index (κ2) is 7.99. The van der Waals surface area contributed by atoms with Gasteiger partial charge in [0.2, 0.25) is 6.29 Å². The number of halogens is 1. The van der Waals surface area contributed by atoms with E-state index in [1.54, 1.807) is 24.3 Å². The largest absolute Gasteiger partial charge is 0.506 e. The predicted octanol–water partition coefficient (Wildman–Crippen LogP) is 3.27. The fourth-order valence-corrected chi connectivity index (χ4v) is 3.41. The molecule has 0 bridgehead atoms. The monoisotopic (exact) mass is 356 g/mol. The van der Waals surface area contributed by atoms with E-state index in [1.165, 1.54) is 12.1 Å². The lowest BCUT2D eigenvalue weighted by molar-refractivity contribution is -0.127. The number of carbonyl (C=O) groups is 2. The summed E-state index contributed by atoms with van der Waals surface area (Å²) in [5, 5.41) is 12.5. The number of amides is 1. The normalized spacial score (nSPS) is 17.0. The molecule has 0 aliphatic carbocycles. The Morgan fingerprint density at radius 3 is 2.69 bits per heavy atom. The van der Waals surface area contributed by atoms with Gasteiger partial charge < -0.3 is 15.3 Å². The molecule has 0 saturated carbocycles. The fourth-order valence-electron chi connectivity index (χ4n) is 3.41. The number of rotatable bonds is 5. The van der Waals surface area contributed by atoms with Gasteiger partial charge in [-0.05, 0) is 55.5 Å². The van der Waals surface area contributed by atoms with Gasteiger partial charge in [-0.3, -0.25) is 9.59 Å². The maximum Gasteiger partial charge on any atom is 0.288 e. The molecule has 1 heterocycles. The summed E-state index contributed by atoms with van der Waals surface area (Å²) in [5.74, 6) is -1.13. The van der Waals surface area contributed by atoms with Gasteiger partial charge in [-0.25, -0.2) is 4.39 Å². The minimum atomic E-state index is -0.805. The van der Waals surface area contributed by atoms with E-state index in [0.717, 1.165) is 43.5 Å². The van der Waals surface area contributed by atoms with Crippen molar-refractivity contribution in [2.45, 2.75) is 31.7 Å². The molecule has 1 saturated heterocycles. The number of hydrogen-bond donors (Lipinski definition) is 2. The Hall–Kier alpha value is -2.89. The number of anilines is 2. The fraction of sp³-hybridized carbons (Fsp3) is 0.300. The van der Waals surface area contributed by atoms with Gasteiger partial charge in [-0.2, -0.15) is 0 Å². The van der Waals surface area contributed by atoms with E-state index < -0.39 is 5.91 Å². The summed E-state index contributed by atoms with van der Waals surface area (Å²) in [6.07, 6.45) is 4.16. The third-order valence-electron chi connectivity index (χ3n) is 4.69. The lowest BCUT2D eigenvalue weighted by Gasteiger charge is -2.38. The molecule has 26 heavy (non-hydrogen) atoms. The zero-order valence-electron chi connectivity index (χ0n) is 14.3. The molecule has 5 nitrogen and oxygen atoms in total. The van der Waals surface area contributed by atoms with Crippen LogP contribution in [0.25, 0.3) is 0 Å². The lowest BCUT2D eigenvalue weighted by Crippen LogP contribution is -2.41. The van der Waals surface area contributed by atoms with E-state index >= 15 is 0 Å². The number of benzene rings is 2. The average Bonchev–Trinajstić information content (AvgIpc) is 2.65. The van der Waals surface area contributed by atoms with Crippen molar-refractivity contribution in [2.24, 2.45) is 0 Å².